The first kappa shape index (κ1) is 27.0. The summed E-state index contributed by atoms with van der Waals surface area (Å²) in [6, 6.07) is 14.5. The van der Waals surface area contributed by atoms with Crippen LogP contribution in [0.3, 0.4) is 0 Å². The lowest BCUT2D eigenvalue weighted by Crippen LogP contribution is -2.31. The Bertz CT molecular complexity index is 861. The van der Waals surface area contributed by atoms with Crippen LogP contribution in [0.15, 0.2) is 42.5 Å². The van der Waals surface area contributed by atoms with Crippen molar-refractivity contribution in [3.8, 4) is 0 Å². The van der Waals surface area contributed by atoms with Crippen LogP contribution in [0.25, 0.3) is 0 Å². The third kappa shape index (κ3) is 8.21. The van der Waals surface area contributed by atoms with Gasteiger partial charge in [0.25, 0.3) is 0 Å². The molecule has 0 amide bonds. The van der Waals surface area contributed by atoms with Gasteiger partial charge in [0, 0.05) is 48.7 Å². The Labute approximate surface area is 203 Å². The second-order valence-electron chi connectivity index (χ2n) is 11.3. The number of benzene rings is 2. The molecular formula is C30H46N2O. The van der Waals surface area contributed by atoms with E-state index in [1.54, 1.807) is 0 Å². The summed E-state index contributed by atoms with van der Waals surface area (Å²) in [5.41, 5.74) is 4.99. The first-order chi connectivity index (χ1) is 15.5. The SMILES string of the molecule is Cc1cc(N(CC(C)C)CC(C)C)ccc1C(=O)c1ccc(N(CC(C)C)CC(C)C)cc1. The van der Waals surface area contributed by atoms with Crippen molar-refractivity contribution in [2.24, 2.45) is 23.7 Å². The average Bonchev–Trinajstić information content (AvgIpc) is 2.71. The number of nitrogens with zero attached hydrogens (tertiary/aromatic N) is 2. The first-order valence-corrected chi connectivity index (χ1v) is 12.7. The zero-order valence-corrected chi connectivity index (χ0v) is 22.5. The van der Waals surface area contributed by atoms with Crippen molar-refractivity contribution in [3.05, 3.63) is 59.2 Å². The van der Waals surface area contributed by atoms with E-state index in [2.05, 4.69) is 96.4 Å². The molecule has 0 unspecified atom stereocenters. The van der Waals surface area contributed by atoms with Crippen molar-refractivity contribution in [3.63, 3.8) is 0 Å². The molecule has 3 heteroatoms. The Morgan fingerprint density at radius 1 is 0.636 bits per heavy atom. The van der Waals surface area contributed by atoms with Gasteiger partial charge in [0.2, 0.25) is 0 Å². The van der Waals surface area contributed by atoms with Crippen LogP contribution in [0.1, 0.15) is 76.9 Å². The van der Waals surface area contributed by atoms with E-state index in [0.717, 1.165) is 42.9 Å². The fraction of sp³-hybridized carbons (Fsp3) is 0.567. The Balaban J connectivity index is 2.24. The van der Waals surface area contributed by atoms with Crippen molar-refractivity contribution in [2.75, 3.05) is 36.0 Å². The molecule has 0 aliphatic heterocycles. The highest BCUT2D eigenvalue weighted by Crippen LogP contribution is 2.25. The van der Waals surface area contributed by atoms with E-state index in [4.69, 9.17) is 0 Å². The molecule has 0 atom stereocenters. The van der Waals surface area contributed by atoms with E-state index in [9.17, 15) is 4.79 Å². The minimum atomic E-state index is 0.101. The molecule has 0 aromatic heterocycles. The van der Waals surface area contributed by atoms with Gasteiger partial charge in [0.1, 0.15) is 0 Å². The van der Waals surface area contributed by atoms with Gasteiger partial charge in [-0.3, -0.25) is 4.79 Å². The van der Waals surface area contributed by atoms with Gasteiger partial charge in [-0.05, 0) is 78.6 Å². The Kier molecular flexibility index (Phi) is 10.0. The van der Waals surface area contributed by atoms with Crippen LogP contribution in [-0.4, -0.2) is 32.0 Å². The van der Waals surface area contributed by atoms with Crippen LogP contribution >= 0.6 is 0 Å². The summed E-state index contributed by atoms with van der Waals surface area (Å²) < 4.78 is 0. The molecule has 182 valence electrons. The van der Waals surface area contributed by atoms with Crippen LogP contribution in [0, 0.1) is 30.6 Å². The molecule has 2 aromatic carbocycles. The number of anilines is 2. The van der Waals surface area contributed by atoms with Crippen molar-refractivity contribution < 1.29 is 4.79 Å². The minimum Gasteiger partial charge on any atom is -0.371 e. The van der Waals surface area contributed by atoms with Crippen LogP contribution in [0.2, 0.25) is 0 Å². The molecule has 0 N–H and O–H groups in total. The zero-order valence-electron chi connectivity index (χ0n) is 22.5. The Morgan fingerprint density at radius 3 is 1.42 bits per heavy atom. The number of rotatable bonds is 12. The molecule has 0 spiro atoms. The number of hydrogen-bond acceptors (Lipinski definition) is 3. The summed E-state index contributed by atoms with van der Waals surface area (Å²) in [6.07, 6.45) is 0. The predicted octanol–water partition coefficient (Wildman–Crippen LogP) is 7.46. The minimum absolute atomic E-state index is 0.101. The largest absolute Gasteiger partial charge is 0.371 e. The molecule has 2 aromatic rings. The number of carbonyl (C=O) groups is 1. The predicted molar refractivity (Wildman–Crippen MR) is 145 cm³/mol. The average molecular weight is 451 g/mol. The van der Waals surface area contributed by atoms with Crippen molar-refractivity contribution in [1.29, 1.82) is 0 Å². The third-order valence-corrected chi connectivity index (χ3v) is 5.66. The number of hydrogen-bond donors (Lipinski definition) is 0. The van der Waals surface area contributed by atoms with Gasteiger partial charge in [-0.25, -0.2) is 0 Å². The second-order valence-corrected chi connectivity index (χ2v) is 11.3. The van der Waals surface area contributed by atoms with Crippen molar-refractivity contribution in [1.82, 2.24) is 0 Å². The maximum Gasteiger partial charge on any atom is 0.193 e. The highest BCUT2D eigenvalue weighted by molar-refractivity contribution is 6.10. The van der Waals surface area contributed by atoms with Gasteiger partial charge in [-0.1, -0.05) is 55.4 Å². The van der Waals surface area contributed by atoms with Crippen LogP contribution in [-0.2, 0) is 0 Å². The van der Waals surface area contributed by atoms with Crippen LogP contribution in [0.5, 0.6) is 0 Å². The highest BCUT2D eigenvalue weighted by Gasteiger charge is 2.17. The van der Waals surface area contributed by atoms with E-state index in [1.807, 2.05) is 18.2 Å². The molecule has 0 radical (unpaired) electrons. The standard InChI is InChI=1S/C30H46N2O/c1-21(2)17-31(18-22(3)4)27-12-10-26(11-13-27)30(33)29-15-14-28(16-25(29)9)32(19-23(5)6)20-24(7)8/h10-16,21-24H,17-20H2,1-9H3. The van der Waals surface area contributed by atoms with Gasteiger partial charge in [-0.2, -0.15) is 0 Å². The van der Waals surface area contributed by atoms with E-state index in [1.165, 1.54) is 11.4 Å². The molecule has 33 heavy (non-hydrogen) atoms. The molecule has 0 bridgehead atoms. The summed E-state index contributed by atoms with van der Waals surface area (Å²) in [6.45, 7) is 24.2. The van der Waals surface area contributed by atoms with Gasteiger partial charge in [-0.15, -0.1) is 0 Å². The third-order valence-electron chi connectivity index (χ3n) is 5.66. The lowest BCUT2D eigenvalue weighted by Gasteiger charge is -2.29. The smallest absolute Gasteiger partial charge is 0.193 e. The van der Waals surface area contributed by atoms with Crippen LogP contribution < -0.4 is 9.80 Å². The van der Waals surface area contributed by atoms with Gasteiger partial charge in [0.15, 0.2) is 5.78 Å². The highest BCUT2D eigenvalue weighted by atomic mass is 16.1. The Morgan fingerprint density at radius 2 is 1.03 bits per heavy atom. The van der Waals surface area contributed by atoms with Crippen molar-refractivity contribution >= 4 is 17.2 Å². The summed E-state index contributed by atoms with van der Waals surface area (Å²) in [5.74, 6) is 2.48. The molecule has 0 aliphatic rings. The number of ketones is 1. The summed E-state index contributed by atoms with van der Waals surface area (Å²) in [5, 5.41) is 0. The van der Waals surface area contributed by atoms with Crippen molar-refractivity contribution in [2.45, 2.75) is 62.3 Å². The quantitative estimate of drug-likeness (QED) is 0.313. The maximum absolute atomic E-state index is 13.3. The van der Waals surface area contributed by atoms with E-state index in [-0.39, 0.29) is 5.78 Å². The monoisotopic (exact) mass is 450 g/mol. The van der Waals surface area contributed by atoms with E-state index < -0.39 is 0 Å². The lowest BCUT2D eigenvalue weighted by molar-refractivity contribution is 0.103. The first-order valence-electron chi connectivity index (χ1n) is 12.7. The zero-order chi connectivity index (χ0) is 24.7. The van der Waals surface area contributed by atoms with Gasteiger partial charge >= 0.3 is 0 Å². The topological polar surface area (TPSA) is 23.6 Å². The second kappa shape index (κ2) is 12.3. The van der Waals surface area contributed by atoms with Gasteiger partial charge in [0.05, 0.1) is 0 Å². The molecule has 3 nitrogen and oxygen atoms in total. The number of aryl methyl sites for hydroxylation is 1. The molecular weight excluding hydrogens is 404 g/mol. The maximum atomic E-state index is 13.3. The molecule has 0 aliphatic carbocycles. The fourth-order valence-corrected chi connectivity index (χ4v) is 4.41. The Hall–Kier alpha value is -2.29. The molecule has 0 fully saturated rings. The summed E-state index contributed by atoms with van der Waals surface area (Å²) >= 11 is 0. The normalized spacial score (nSPS) is 11.7. The molecule has 2 rings (SSSR count). The number of carbonyl (C=O) groups excluding carboxylic acids is 1. The fourth-order valence-electron chi connectivity index (χ4n) is 4.41. The summed E-state index contributed by atoms with van der Waals surface area (Å²) in [7, 11) is 0. The molecule has 0 saturated carbocycles. The summed E-state index contributed by atoms with van der Waals surface area (Å²) in [4.78, 5) is 18.2. The lowest BCUT2D eigenvalue weighted by atomic mass is 9.97. The molecule has 0 heterocycles. The van der Waals surface area contributed by atoms with E-state index in [0.29, 0.717) is 23.7 Å². The van der Waals surface area contributed by atoms with Gasteiger partial charge < -0.3 is 9.80 Å². The van der Waals surface area contributed by atoms with E-state index >= 15 is 0 Å². The van der Waals surface area contributed by atoms with Crippen LogP contribution in [0.4, 0.5) is 11.4 Å². The molecule has 0 saturated heterocycles.